The average molecular weight is 211 g/mol. The van der Waals surface area contributed by atoms with Crippen LogP contribution in [0.15, 0.2) is 12.1 Å². The summed E-state index contributed by atoms with van der Waals surface area (Å²) in [7, 11) is 0. The Morgan fingerprint density at radius 2 is 2.00 bits per heavy atom. The summed E-state index contributed by atoms with van der Waals surface area (Å²) < 4.78 is 13.2. The molecule has 0 aliphatic rings. The molecule has 0 atom stereocenters. The summed E-state index contributed by atoms with van der Waals surface area (Å²) in [5.41, 5.74) is 6.14. The van der Waals surface area contributed by atoms with Gasteiger partial charge in [0, 0.05) is 5.54 Å². The summed E-state index contributed by atoms with van der Waals surface area (Å²) in [6.07, 6.45) is 0. The molecule has 0 fully saturated rings. The van der Waals surface area contributed by atoms with E-state index in [0.29, 0.717) is 11.1 Å². The topological polar surface area (TPSA) is 63.3 Å². The SMILES string of the molecule is Cc1cc(F)c(C(=O)O)cc1C(C)(C)N. The van der Waals surface area contributed by atoms with Crippen LogP contribution in [0.2, 0.25) is 0 Å². The van der Waals surface area contributed by atoms with Gasteiger partial charge in [-0.15, -0.1) is 0 Å². The van der Waals surface area contributed by atoms with E-state index in [1.165, 1.54) is 12.1 Å². The number of aryl methyl sites for hydroxylation is 1. The highest BCUT2D eigenvalue weighted by Gasteiger charge is 2.21. The van der Waals surface area contributed by atoms with Gasteiger partial charge >= 0.3 is 5.97 Å². The van der Waals surface area contributed by atoms with Crippen LogP contribution < -0.4 is 5.73 Å². The Morgan fingerprint density at radius 1 is 1.47 bits per heavy atom. The lowest BCUT2D eigenvalue weighted by atomic mass is 9.90. The van der Waals surface area contributed by atoms with Crippen LogP contribution in [0, 0.1) is 12.7 Å². The molecular weight excluding hydrogens is 197 g/mol. The molecule has 4 heteroatoms. The fraction of sp³-hybridized carbons (Fsp3) is 0.364. The first-order valence-electron chi connectivity index (χ1n) is 4.56. The summed E-state index contributed by atoms with van der Waals surface area (Å²) in [5.74, 6) is -2.01. The van der Waals surface area contributed by atoms with E-state index >= 15 is 0 Å². The second kappa shape index (κ2) is 3.62. The molecular formula is C11H14FNO2. The molecule has 0 saturated carbocycles. The van der Waals surface area contributed by atoms with Gasteiger partial charge in [0.25, 0.3) is 0 Å². The molecule has 1 aromatic carbocycles. The fourth-order valence-corrected chi connectivity index (χ4v) is 1.53. The lowest BCUT2D eigenvalue weighted by Gasteiger charge is -2.22. The number of carbonyl (C=O) groups is 1. The average Bonchev–Trinajstić information content (AvgIpc) is 2.00. The van der Waals surface area contributed by atoms with Crippen LogP contribution in [0.5, 0.6) is 0 Å². The molecule has 3 N–H and O–H groups in total. The molecule has 0 unspecified atom stereocenters. The van der Waals surface area contributed by atoms with Gasteiger partial charge < -0.3 is 10.8 Å². The first kappa shape index (κ1) is 11.7. The van der Waals surface area contributed by atoms with Crippen LogP contribution in [0.25, 0.3) is 0 Å². The van der Waals surface area contributed by atoms with Gasteiger partial charge in [-0.3, -0.25) is 0 Å². The van der Waals surface area contributed by atoms with Crippen molar-refractivity contribution in [2.24, 2.45) is 5.73 Å². The summed E-state index contributed by atoms with van der Waals surface area (Å²) >= 11 is 0. The fourth-order valence-electron chi connectivity index (χ4n) is 1.53. The third-order valence-corrected chi connectivity index (χ3v) is 2.24. The molecule has 0 heterocycles. The van der Waals surface area contributed by atoms with Gasteiger partial charge in [-0.25, -0.2) is 9.18 Å². The van der Waals surface area contributed by atoms with Crippen LogP contribution in [-0.2, 0) is 5.54 Å². The van der Waals surface area contributed by atoms with Crippen molar-refractivity contribution in [2.75, 3.05) is 0 Å². The molecule has 0 aromatic heterocycles. The van der Waals surface area contributed by atoms with Crippen molar-refractivity contribution in [2.45, 2.75) is 26.3 Å². The van der Waals surface area contributed by atoms with E-state index < -0.39 is 17.3 Å². The maximum atomic E-state index is 13.2. The van der Waals surface area contributed by atoms with Gasteiger partial charge in [0.1, 0.15) is 5.82 Å². The second-order valence-corrected chi connectivity index (χ2v) is 4.17. The quantitative estimate of drug-likeness (QED) is 0.786. The van der Waals surface area contributed by atoms with Crippen LogP contribution >= 0.6 is 0 Å². The Bertz CT molecular complexity index is 408. The summed E-state index contributed by atoms with van der Waals surface area (Å²) in [6.45, 7) is 5.20. The number of hydrogen-bond donors (Lipinski definition) is 2. The van der Waals surface area contributed by atoms with E-state index in [2.05, 4.69) is 0 Å². The Kier molecular flexibility index (Phi) is 2.81. The Hall–Kier alpha value is -1.42. The number of carboxylic acid groups (broad SMARTS) is 1. The normalized spacial score (nSPS) is 11.5. The van der Waals surface area contributed by atoms with Gasteiger partial charge in [-0.1, -0.05) is 0 Å². The lowest BCUT2D eigenvalue weighted by molar-refractivity contribution is 0.0691. The van der Waals surface area contributed by atoms with Crippen molar-refractivity contribution in [1.29, 1.82) is 0 Å². The largest absolute Gasteiger partial charge is 0.478 e. The highest BCUT2D eigenvalue weighted by Crippen LogP contribution is 2.24. The number of rotatable bonds is 2. The Morgan fingerprint density at radius 3 is 2.40 bits per heavy atom. The number of carboxylic acids is 1. The van der Waals surface area contributed by atoms with Gasteiger partial charge in [0.05, 0.1) is 5.56 Å². The monoisotopic (exact) mass is 211 g/mol. The van der Waals surface area contributed by atoms with Crippen LogP contribution in [0.3, 0.4) is 0 Å². The molecule has 15 heavy (non-hydrogen) atoms. The van der Waals surface area contributed by atoms with Crippen molar-refractivity contribution in [1.82, 2.24) is 0 Å². The standard InChI is InChI=1S/C11H14FNO2/c1-6-4-9(12)7(10(14)15)5-8(6)11(2,3)13/h4-5H,13H2,1-3H3,(H,14,15). The molecule has 0 aliphatic carbocycles. The number of halogens is 1. The highest BCUT2D eigenvalue weighted by molar-refractivity contribution is 5.88. The summed E-state index contributed by atoms with van der Waals surface area (Å²) in [6, 6.07) is 2.50. The molecule has 0 aliphatic heterocycles. The van der Waals surface area contributed by atoms with Crippen LogP contribution in [0.1, 0.15) is 35.3 Å². The van der Waals surface area contributed by atoms with Gasteiger partial charge in [-0.05, 0) is 44.0 Å². The third kappa shape index (κ3) is 2.33. The maximum absolute atomic E-state index is 13.2. The minimum absolute atomic E-state index is 0.339. The van der Waals surface area contributed by atoms with Crippen LogP contribution in [-0.4, -0.2) is 11.1 Å². The number of hydrogen-bond acceptors (Lipinski definition) is 2. The molecule has 3 nitrogen and oxygen atoms in total. The van der Waals surface area contributed by atoms with Crippen molar-refractivity contribution >= 4 is 5.97 Å². The molecule has 0 saturated heterocycles. The zero-order valence-electron chi connectivity index (χ0n) is 8.97. The van der Waals surface area contributed by atoms with Crippen molar-refractivity contribution in [3.8, 4) is 0 Å². The van der Waals surface area contributed by atoms with Crippen molar-refractivity contribution in [3.63, 3.8) is 0 Å². The first-order chi connectivity index (χ1) is 6.73. The predicted molar refractivity (Wildman–Crippen MR) is 55.3 cm³/mol. The van der Waals surface area contributed by atoms with E-state index in [4.69, 9.17) is 10.8 Å². The van der Waals surface area contributed by atoms with Crippen LogP contribution in [0.4, 0.5) is 4.39 Å². The molecule has 0 spiro atoms. The minimum Gasteiger partial charge on any atom is -0.478 e. The van der Waals surface area contributed by atoms with Crippen molar-refractivity contribution in [3.05, 3.63) is 34.6 Å². The lowest BCUT2D eigenvalue weighted by Crippen LogP contribution is -2.30. The molecule has 82 valence electrons. The van der Waals surface area contributed by atoms with E-state index in [-0.39, 0.29) is 5.56 Å². The number of nitrogens with two attached hydrogens (primary N) is 1. The smallest absolute Gasteiger partial charge is 0.338 e. The molecule has 1 aromatic rings. The maximum Gasteiger partial charge on any atom is 0.338 e. The molecule has 0 amide bonds. The number of aromatic carboxylic acids is 1. The third-order valence-electron chi connectivity index (χ3n) is 2.24. The zero-order valence-corrected chi connectivity index (χ0v) is 8.97. The van der Waals surface area contributed by atoms with E-state index in [1.54, 1.807) is 20.8 Å². The molecule has 0 bridgehead atoms. The second-order valence-electron chi connectivity index (χ2n) is 4.17. The van der Waals surface area contributed by atoms with Gasteiger partial charge in [0.2, 0.25) is 0 Å². The molecule has 1 rings (SSSR count). The Balaban J connectivity index is 3.43. The van der Waals surface area contributed by atoms with Crippen molar-refractivity contribution < 1.29 is 14.3 Å². The zero-order chi connectivity index (χ0) is 11.8. The van der Waals surface area contributed by atoms with E-state index in [1.807, 2.05) is 0 Å². The Labute approximate surface area is 87.7 Å². The number of benzene rings is 1. The first-order valence-corrected chi connectivity index (χ1v) is 4.56. The van der Waals surface area contributed by atoms with E-state index in [0.717, 1.165) is 0 Å². The molecule has 0 radical (unpaired) electrons. The van der Waals surface area contributed by atoms with Gasteiger partial charge in [-0.2, -0.15) is 0 Å². The predicted octanol–water partition coefficient (Wildman–Crippen LogP) is 2.03. The minimum atomic E-state index is -1.28. The summed E-state index contributed by atoms with van der Waals surface area (Å²) in [5, 5.41) is 8.77. The highest BCUT2D eigenvalue weighted by atomic mass is 19.1. The summed E-state index contributed by atoms with van der Waals surface area (Å²) in [4.78, 5) is 10.7. The van der Waals surface area contributed by atoms with E-state index in [9.17, 15) is 9.18 Å². The van der Waals surface area contributed by atoms with Gasteiger partial charge in [0.15, 0.2) is 0 Å².